The Morgan fingerprint density at radius 1 is 1.12 bits per heavy atom. The van der Waals surface area contributed by atoms with E-state index in [2.05, 4.69) is 10.6 Å². The van der Waals surface area contributed by atoms with E-state index in [1.807, 2.05) is 6.07 Å². The molecule has 1 aromatic carbocycles. The normalized spacial score (nSPS) is 23.3. The molecule has 0 bridgehead atoms. The summed E-state index contributed by atoms with van der Waals surface area (Å²) in [5, 5.41) is 6.29. The van der Waals surface area contributed by atoms with Gasteiger partial charge in [0.15, 0.2) is 0 Å². The first kappa shape index (κ1) is 18.4. The van der Waals surface area contributed by atoms with Crippen molar-refractivity contribution in [2.24, 2.45) is 5.92 Å². The van der Waals surface area contributed by atoms with Crippen LogP contribution in [0.4, 0.5) is 0 Å². The molecule has 6 nitrogen and oxygen atoms in total. The molecule has 7 heteroatoms. The van der Waals surface area contributed by atoms with Crippen molar-refractivity contribution in [1.82, 2.24) is 14.9 Å². The van der Waals surface area contributed by atoms with Crippen molar-refractivity contribution >= 4 is 15.9 Å². The first-order valence-corrected chi connectivity index (χ1v) is 10.6. The van der Waals surface area contributed by atoms with Crippen molar-refractivity contribution in [3.05, 3.63) is 30.3 Å². The minimum absolute atomic E-state index is 0.0627. The number of hydrogen-bond donors (Lipinski definition) is 2. The fraction of sp³-hybridized carbons (Fsp3) is 0.611. The van der Waals surface area contributed by atoms with Crippen molar-refractivity contribution in [3.63, 3.8) is 0 Å². The van der Waals surface area contributed by atoms with Crippen LogP contribution in [0.2, 0.25) is 0 Å². The van der Waals surface area contributed by atoms with Crippen LogP contribution in [0.1, 0.15) is 32.1 Å². The molecule has 2 heterocycles. The average Bonchev–Trinajstić information content (AvgIpc) is 2.68. The zero-order valence-corrected chi connectivity index (χ0v) is 15.3. The molecule has 25 heavy (non-hydrogen) atoms. The predicted octanol–water partition coefficient (Wildman–Crippen LogP) is 1.35. The average molecular weight is 365 g/mol. The summed E-state index contributed by atoms with van der Waals surface area (Å²) in [6.45, 7) is 2.57. The molecular weight excluding hydrogens is 338 g/mol. The fourth-order valence-corrected chi connectivity index (χ4v) is 5.03. The highest BCUT2D eigenvalue weighted by atomic mass is 32.2. The van der Waals surface area contributed by atoms with Crippen molar-refractivity contribution < 1.29 is 13.2 Å². The summed E-state index contributed by atoms with van der Waals surface area (Å²) in [6.07, 6.45) is 4.70. The molecule has 0 aromatic heterocycles. The van der Waals surface area contributed by atoms with Crippen LogP contribution in [0.25, 0.3) is 0 Å². The summed E-state index contributed by atoms with van der Waals surface area (Å²) in [4.78, 5) is 12.5. The van der Waals surface area contributed by atoms with Gasteiger partial charge in [-0.15, -0.1) is 0 Å². The van der Waals surface area contributed by atoms with Gasteiger partial charge in [0, 0.05) is 19.6 Å². The van der Waals surface area contributed by atoms with Gasteiger partial charge in [0.2, 0.25) is 15.9 Å². The second kappa shape index (κ2) is 8.29. The number of amides is 1. The topological polar surface area (TPSA) is 78.5 Å². The maximum Gasteiger partial charge on any atom is 0.243 e. The molecule has 2 aliphatic rings. The van der Waals surface area contributed by atoms with Gasteiger partial charge in [0.05, 0.1) is 10.9 Å². The van der Waals surface area contributed by atoms with Crippen LogP contribution < -0.4 is 10.6 Å². The maximum absolute atomic E-state index is 12.6. The maximum atomic E-state index is 12.6. The van der Waals surface area contributed by atoms with Crippen molar-refractivity contribution in [3.8, 4) is 0 Å². The van der Waals surface area contributed by atoms with Gasteiger partial charge in [-0.1, -0.05) is 24.6 Å². The molecule has 1 atom stereocenters. The van der Waals surface area contributed by atoms with E-state index >= 15 is 0 Å². The van der Waals surface area contributed by atoms with Crippen LogP contribution >= 0.6 is 0 Å². The van der Waals surface area contributed by atoms with Crippen molar-refractivity contribution in [2.75, 3.05) is 26.2 Å². The van der Waals surface area contributed by atoms with E-state index in [0.29, 0.717) is 30.4 Å². The van der Waals surface area contributed by atoms with E-state index in [9.17, 15) is 13.2 Å². The molecule has 0 radical (unpaired) electrons. The van der Waals surface area contributed by atoms with E-state index < -0.39 is 10.0 Å². The Bertz CT molecular complexity index is 664. The number of benzene rings is 1. The summed E-state index contributed by atoms with van der Waals surface area (Å²) in [6, 6.07) is 8.52. The molecule has 138 valence electrons. The van der Waals surface area contributed by atoms with Gasteiger partial charge in [-0.3, -0.25) is 4.79 Å². The summed E-state index contributed by atoms with van der Waals surface area (Å²) in [5.41, 5.74) is 0. The number of sulfonamides is 1. The van der Waals surface area contributed by atoms with Gasteiger partial charge in [0.1, 0.15) is 0 Å². The summed E-state index contributed by atoms with van der Waals surface area (Å²) in [5.74, 6) is 0.425. The highest BCUT2D eigenvalue weighted by Gasteiger charge is 2.29. The van der Waals surface area contributed by atoms with Gasteiger partial charge in [0.25, 0.3) is 0 Å². The van der Waals surface area contributed by atoms with Crippen LogP contribution in [0.5, 0.6) is 0 Å². The van der Waals surface area contributed by atoms with Gasteiger partial charge >= 0.3 is 0 Å². The number of hydrogen-bond acceptors (Lipinski definition) is 4. The number of carbonyl (C=O) groups excluding carboxylic acids is 1. The standard InChI is InChI=1S/C18H27N3O3S/c22-18(17-8-4-5-11-19-17)20-14-15-9-12-21(13-10-15)25(23,24)16-6-2-1-3-7-16/h1-3,6-7,15,17,19H,4-5,8-14H2,(H,20,22). The lowest BCUT2D eigenvalue weighted by molar-refractivity contribution is -0.123. The largest absolute Gasteiger partial charge is 0.354 e. The monoisotopic (exact) mass is 365 g/mol. The molecule has 2 aliphatic heterocycles. The molecule has 2 fully saturated rings. The molecule has 0 saturated carbocycles. The highest BCUT2D eigenvalue weighted by molar-refractivity contribution is 7.89. The Kier molecular flexibility index (Phi) is 6.09. The van der Waals surface area contributed by atoms with Crippen molar-refractivity contribution in [2.45, 2.75) is 43.0 Å². The lowest BCUT2D eigenvalue weighted by Crippen LogP contribution is -2.48. The number of piperidine rings is 2. The van der Waals surface area contributed by atoms with Crippen molar-refractivity contribution in [1.29, 1.82) is 0 Å². The molecule has 0 aliphatic carbocycles. The molecule has 1 aromatic rings. The van der Waals surface area contributed by atoms with Crippen LogP contribution in [-0.4, -0.2) is 50.9 Å². The quantitative estimate of drug-likeness (QED) is 0.826. The zero-order valence-electron chi connectivity index (χ0n) is 14.5. The summed E-state index contributed by atoms with van der Waals surface area (Å²) < 4.78 is 26.8. The zero-order chi connectivity index (χ0) is 17.7. The number of nitrogens with zero attached hydrogens (tertiary/aromatic N) is 1. The number of carbonyl (C=O) groups is 1. The molecule has 0 spiro atoms. The predicted molar refractivity (Wildman–Crippen MR) is 96.6 cm³/mol. The SMILES string of the molecule is O=C(NCC1CCN(S(=O)(=O)c2ccccc2)CC1)C1CCCCN1. The van der Waals surface area contributed by atoms with E-state index in [1.165, 1.54) is 0 Å². The van der Waals surface area contributed by atoms with E-state index in [-0.39, 0.29) is 11.9 Å². The van der Waals surface area contributed by atoms with Crippen LogP contribution in [-0.2, 0) is 14.8 Å². The van der Waals surface area contributed by atoms with Crippen LogP contribution in [0.3, 0.4) is 0 Å². The molecule has 3 rings (SSSR count). The Balaban J connectivity index is 1.46. The summed E-state index contributed by atoms with van der Waals surface area (Å²) in [7, 11) is -3.40. The second-order valence-corrected chi connectivity index (χ2v) is 8.85. The van der Waals surface area contributed by atoms with E-state index in [4.69, 9.17) is 0 Å². The van der Waals surface area contributed by atoms with Gasteiger partial charge in [-0.25, -0.2) is 8.42 Å². The fourth-order valence-electron chi connectivity index (χ4n) is 3.54. The van der Waals surface area contributed by atoms with E-state index in [1.54, 1.807) is 28.6 Å². The molecular formula is C18H27N3O3S. The molecule has 1 unspecified atom stereocenters. The molecule has 2 saturated heterocycles. The lowest BCUT2D eigenvalue weighted by Gasteiger charge is -2.31. The van der Waals surface area contributed by atoms with Crippen LogP contribution in [0, 0.1) is 5.92 Å². The van der Waals surface area contributed by atoms with Crippen LogP contribution in [0.15, 0.2) is 35.2 Å². The third-order valence-corrected chi connectivity index (χ3v) is 7.06. The summed E-state index contributed by atoms with van der Waals surface area (Å²) >= 11 is 0. The first-order chi connectivity index (χ1) is 12.1. The Hall–Kier alpha value is -1.44. The van der Waals surface area contributed by atoms with Gasteiger partial charge in [-0.2, -0.15) is 4.31 Å². The second-order valence-electron chi connectivity index (χ2n) is 6.91. The first-order valence-electron chi connectivity index (χ1n) is 9.13. The molecule has 1 amide bonds. The smallest absolute Gasteiger partial charge is 0.243 e. The lowest BCUT2D eigenvalue weighted by atomic mass is 9.97. The number of nitrogens with one attached hydrogen (secondary N) is 2. The Morgan fingerprint density at radius 2 is 1.84 bits per heavy atom. The number of rotatable bonds is 5. The highest BCUT2D eigenvalue weighted by Crippen LogP contribution is 2.23. The minimum atomic E-state index is -3.40. The molecule has 2 N–H and O–H groups in total. The van der Waals surface area contributed by atoms with E-state index in [0.717, 1.165) is 38.6 Å². The minimum Gasteiger partial charge on any atom is -0.354 e. The van der Waals surface area contributed by atoms with Gasteiger partial charge < -0.3 is 10.6 Å². The third kappa shape index (κ3) is 4.59. The third-order valence-electron chi connectivity index (χ3n) is 5.15. The Morgan fingerprint density at radius 3 is 2.48 bits per heavy atom. The Labute approximate surface area is 150 Å². The van der Waals surface area contributed by atoms with Gasteiger partial charge in [-0.05, 0) is 50.3 Å².